The van der Waals surface area contributed by atoms with Crippen molar-refractivity contribution in [3.05, 3.63) is 117 Å². The first-order valence-corrected chi connectivity index (χ1v) is 15.1. The number of hydrogen-bond donors (Lipinski definition) is 0. The van der Waals surface area contributed by atoms with Gasteiger partial charge in [-0.05, 0) is 57.8 Å². The van der Waals surface area contributed by atoms with Crippen molar-refractivity contribution >= 4 is 54.5 Å². The van der Waals surface area contributed by atoms with Crippen LogP contribution in [-0.2, 0) is 16.6 Å². The molecule has 0 radical (unpaired) electrons. The minimum Gasteiger partial charge on any atom is -0.858 e. The molecule has 0 saturated carbocycles. The van der Waals surface area contributed by atoms with E-state index in [0.29, 0.717) is 6.61 Å². The summed E-state index contributed by atoms with van der Waals surface area (Å²) in [5.74, 6) is -0.0361. The molecular weight excluding hydrogens is 613 g/mol. The van der Waals surface area contributed by atoms with Crippen LogP contribution in [0.5, 0.6) is 5.75 Å². The molecule has 0 bridgehead atoms. The van der Waals surface area contributed by atoms with Gasteiger partial charge in [-0.15, -0.1) is 22.7 Å². The maximum absolute atomic E-state index is 12.6. The van der Waals surface area contributed by atoms with E-state index in [4.69, 9.17) is 4.74 Å². The van der Waals surface area contributed by atoms with Gasteiger partial charge in [0.05, 0.1) is 0 Å². The van der Waals surface area contributed by atoms with Crippen molar-refractivity contribution in [3.63, 3.8) is 0 Å². The molecule has 5 rings (SSSR count). The van der Waals surface area contributed by atoms with Crippen molar-refractivity contribution in [3.8, 4) is 27.3 Å². The number of rotatable bonds is 8. The monoisotopic (exact) mass is 631 g/mol. The third kappa shape index (κ3) is 6.66. The van der Waals surface area contributed by atoms with Crippen LogP contribution in [0.3, 0.4) is 0 Å². The number of nitrogens with zero attached hydrogens (tertiary/aromatic N) is 1. The second-order valence-corrected chi connectivity index (χ2v) is 12.6. The molecule has 0 amide bonds. The van der Waals surface area contributed by atoms with Crippen LogP contribution in [0.4, 0.5) is 0 Å². The summed E-state index contributed by atoms with van der Waals surface area (Å²) >= 11 is 6.17. The number of thiophene rings is 2. The maximum Gasteiger partial charge on any atom is 1.00 e. The standard InChI is InChI=1S/C28H20BrNO4S3.Na/c29-22-12-13-25(34-18-19-5-2-1-3-6-19)24(17-22)23-14-16-36-27(23)20-8-10-21(11-9-20)28(31)30-37(32,33)26-7-4-15-35-26;/h1-17H,18H2,(H,30,31);/q;+1/p-1. The SMILES string of the molecule is O=S(=O)(/N=C(\[O-])c1ccc(-c2sccc2-c2cc(Br)ccc2OCc2ccccc2)cc1)c1cccs1.[Na+]. The molecular formula is C28H19BrNNaO4S3. The predicted molar refractivity (Wildman–Crippen MR) is 152 cm³/mol. The Bertz CT molecular complexity index is 1650. The first-order chi connectivity index (χ1) is 17.9. The molecule has 186 valence electrons. The Morgan fingerprint density at radius 1 is 0.868 bits per heavy atom. The van der Waals surface area contributed by atoms with E-state index in [2.05, 4.69) is 20.3 Å². The van der Waals surface area contributed by atoms with Crippen LogP contribution in [0, 0.1) is 0 Å². The summed E-state index contributed by atoms with van der Waals surface area (Å²) in [7, 11) is -4.02. The molecule has 0 N–H and O–H groups in total. The van der Waals surface area contributed by atoms with Gasteiger partial charge in [0, 0.05) is 26.4 Å². The third-order valence-electron chi connectivity index (χ3n) is 5.48. The third-order valence-corrected chi connectivity index (χ3v) is 9.57. The summed E-state index contributed by atoms with van der Waals surface area (Å²) in [5, 5.41) is 16.2. The summed E-state index contributed by atoms with van der Waals surface area (Å²) < 4.78 is 35.3. The van der Waals surface area contributed by atoms with Gasteiger partial charge in [-0.1, -0.05) is 76.6 Å². The van der Waals surface area contributed by atoms with Crippen molar-refractivity contribution in [2.75, 3.05) is 0 Å². The van der Waals surface area contributed by atoms with Crippen LogP contribution >= 0.6 is 38.6 Å². The van der Waals surface area contributed by atoms with Gasteiger partial charge in [-0.2, -0.15) is 12.8 Å². The van der Waals surface area contributed by atoms with E-state index >= 15 is 0 Å². The Morgan fingerprint density at radius 3 is 2.34 bits per heavy atom. The van der Waals surface area contributed by atoms with E-state index in [1.807, 2.05) is 60.0 Å². The van der Waals surface area contributed by atoms with Gasteiger partial charge >= 0.3 is 29.6 Å². The quantitative estimate of drug-likeness (QED) is 0.147. The molecule has 3 aromatic carbocycles. The fraction of sp³-hybridized carbons (Fsp3) is 0.0357. The van der Waals surface area contributed by atoms with Crippen LogP contribution in [0.2, 0.25) is 0 Å². The average Bonchev–Trinajstić information content (AvgIpc) is 3.62. The van der Waals surface area contributed by atoms with Gasteiger partial charge in [0.25, 0.3) is 10.0 Å². The molecule has 2 heterocycles. The number of ether oxygens (including phenoxy) is 1. The molecule has 0 spiro atoms. The van der Waals surface area contributed by atoms with E-state index in [1.165, 1.54) is 6.07 Å². The van der Waals surface area contributed by atoms with Crippen LogP contribution < -0.4 is 39.4 Å². The minimum absolute atomic E-state index is 0. The van der Waals surface area contributed by atoms with E-state index in [-0.39, 0.29) is 39.3 Å². The number of halogens is 1. The van der Waals surface area contributed by atoms with Gasteiger partial charge < -0.3 is 9.84 Å². The van der Waals surface area contributed by atoms with Gasteiger partial charge in [-0.25, -0.2) is 0 Å². The number of sulfonamides is 1. The van der Waals surface area contributed by atoms with Gasteiger partial charge in [0.15, 0.2) is 0 Å². The topological polar surface area (TPSA) is 78.8 Å². The van der Waals surface area contributed by atoms with E-state index < -0.39 is 15.9 Å². The van der Waals surface area contributed by atoms with Gasteiger partial charge in [0.2, 0.25) is 0 Å². The molecule has 0 fully saturated rings. The minimum atomic E-state index is -4.02. The Kier molecular flexibility index (Phi) is 9.64. The zero-order valence-corrected chi connectivity index (χ0v) is 26.2. The van der Waals surface area contributed by atoms with E-state index in [9.17, 15) is 13.5 Å². The Hall–Kier alpha value is -2.24. The van der Waals surface area contributed by atoms with Crippen molar-refractivity contribution < 1.29 is 47.8 Å². The molecule has 0 saturated heterocycles. The number of hydrogen-bond acceptors (Lipinski definition) is 6. The van der Waals surface area contributed by atoms with Crippen LogP contribution in [0.15, 0.2) is 115 Å². The Balaban J connectivity index is 0.00000336. The predicted octanol–water partition coefficient (Wildman–Crippen LogP) is 3.98. The van der Waals surface area contributed by atoms with Crippen LogP contribution in [-0.4, -0.2) is 14.3 Å². The van der Waals surface area contributed by atoms with Crippen molar-refractivity contribution in [1.29, 1.82) is 0 Å². The Labute approximate surface area is 260 Å². The summed E-state index contributed by atoms with van der Waals surface area (Å²) in [5.41, 5.74) is 4.12. The molecule has 0 unspecified atom stereocenters. The zero-order valence-electron chi connectivity index (χ0n) is 20.2. The van der Waals surface area contributed by atoms with E-state index in [1.54, 1.807) is 47.0 Å². The summed E-state index contributed by atoms with van der Waals surface area (Å²) in [4.78, 5) is 1.00. The second kappa shape index (κ2) is 12.7. The molecule has 0 aliphatic carbocycles. The second-order valence-electron chi connectivity index (χ2n) is 7.96. The summed E-state index contributed by atoms with van der Waals surface area (Å²) in [6, 6.07) is 27.8. The largest absolute Gasteiger partial charge is 1.00 e. The van der Waals surface area contributed by atoms with Crippen LogP contribution in [0.25, 0.3) is 21.6 Å². The molecule has 0 atom stereocenters. The molecule has 2 aromatic heterocycles. The summed E-state index contributed by atoms with van der Waals surface area (Å²) in [6.07, 6.45) is 0. The molecule has 10 heteroatoms. The summed E-state index contributed by atoms with van der Waals surface area (Å²) in [6.45, 7) is 0.448. The molecule has 0 aliphatic rings. The fourth-order valence-corrected chi connectivity index (χ4v) is 6.86. The Morgan fingerprint density at radius 2 is 1.63 bits per heavy atom. The smallest absolute Gasteiger partial charge is 0.858 e. The number of benzene rings is 3. The normalized spacial score (nSPS) is 11.7. The molecule has 38 heavy (non-hydrogen) atoms. The van der Waals surface area contributed by atoms with Gasteiger partial charge in [-0.3, -0.25) is 0 Å². The molecule has 5 aromatic rings. The van der Waals surface area contributed by atoms with Gasteiger partial charge in [0.1, 0.15) is 16.6 Å². The first kappa shape index (κ1) is 28.8. The van der Waals surface area contributed by atoms with Crippen LogP contribution in [0.1, 0.15) is 11.1 Å². The average molecular weight is 633 g/mol. The molecule has 0 aliphatic heterocycles. The van der Waals surface area contributed by atoms with Crippen molar-refractivity contribution in [2.24, 2.45) is 4.40 Å². The first-order valence-electron chi connectivity index (χ1n) is 11.1. The zero-order chi connectivity index (χ0) is 25.8. The van der Waals surface area contributed by atoms with Crippen molar-refractivity contribution in [2.45, 2.75) is 10.8 Å². The van der Waals surface area contributed by atoms with Crippen molar-refractivity contribution in [1.82, 2.24) is 0 Å². The molecule has 5 nitrogen and oxygen atoms in total. The van der Waals surface area contributed by atoms with E-state index in [0.717, 1.165) is 48.7 Å². The fourth-order valence-electron chi connectivity index (χ4n) is 3.70. The maximum atomic E-state index is 12.6.